The Morgan fingerprint density at radius 2 is 2.38 bits per heavy atom. The molecule has 3 atom stereocenters. The Bertz CT molecular complexity index is 245. The normalized spacial score (nSPS) is 32.1. The van der Waals surface area contributed by atoms with E-state index in [1.807, 2.05) is 6.92 Å². The molecule has 4 N–H and O–H groups in total. The fourth-order valence-electron chi connectivity index (χ4n) is 2.36. The van der Waals surface area contributed by atoms with E-state index in [1.165, 1.54) is 6.42 Å². The third-order valence-corrected chi connectivity index (χ3v) is 3.44. The van der Waals surface area contributed by atoms with Crippen molar-refractivity contribution in [3.63, 3.8) is 0 Å². The lowest BCUT2D eigenvalue weighted by Crippen LogP contribution is -2.49. The molecule has 0 bridgehead atoms. The van der Waals surface area contributed by atoms with Gasteiger partial charge in [-0.25, -0.2) is 0 Å². The zero-order valence-electron chi connectivity index (χ0n) is 10.3. The molecule has 1 fully saturated rings. The van der Waals surface area contributed by atoms with E-state index < -0.39 is 11.6 Å². The van der Waals surface area contributed by atoms with E-state index in [-0.39, 0.29) is 5.91 Å². The summed E-state index contributed by atoms with van der Waals surface area (Å²) in [6.45, 7) is 4.36. The first-order chi connectivity index (χ1) is 7.47. The van der Waals surface area contributed by atoms with E-state index in [9.17, 15) is 9.90 Å². The average molecular weight is 228 g/mol. The Balaban J connectivity index is 2.38. The Labute approximate surface area is 97.6 Å². The fourth-order valence-corrected chi connectivity index (χ4v) is 2.36. The highest BCUT2D eigenvalue weighted by Gasteiger charge is 2.33. The number of nitrogens with one attached hydrogen (secondary N) is 1. The Morgan fingerprint density at radius 3 is 2.94 bits per heavy atom. The van der Waals surface area contributed by atoms with Crippen LogP contribution in [0.15, 0.2) is 0 Å². The highest BCUT2D eigenvalue weighted by atomic mass is 16.3. The summed E-state index contributed by atoms with van der Waals surface area (Å²) >= 11 is 0. The highest BCUT2D eigenvalue weighted by molar-refractivity contribution is 5.81. The van der Waals surface area contributed by atoms with Crippen molar-refractivity contribution in [2.24, 2.45) is 11.7 Å². The highest BCUT2D eigenvalue weighted by Crippen LogP contribution is 2.31. The number of nitrogens with two attached hydrogens (primary N) is 1. The molecule has 4 heteroatoms. The zero-order chi connectivity index (χ0) is 12.2. The second-order valence-electron chi connectivity index (χ2n) is 5.16. The maximum Gasteiger partial charge on any atom is 0.237 e. The monoisotopic (exact) mass is 228 g/mol. The zero-order valence-corrected chi connectivity index (χ0v) is 10.3. The molecule has 0 aromatic carbocycles. The molecule has 1 rings (SSSR count). The standard InChI is InChI=1S/C12H24N2O2/c1-3-10(13)11(15)14-8-12(16)6-4-5-9(2)7-12/h9-10,16H,3-8,13H2,1-2H3,(H,14,15)/t9?,10-,12?/m1/s1. The summed E-state index contributed by atoms with van der Waals surface area (Å²) in [6, 6.07) is -0.454. The van der Waals surface area contributed by atoms with Crippen molar-refractivity contribution in [2.45, 2.75) is 57.6 Å². The smallest absolute Gasteiger partial charge is 0.237 e. The molecular formula is C12H24N2O2. The Kier molecular flexibility index (Phi) is 4.74. The summed E-state index contributed by atoms with van der Waals surface area (Å²) in [6.07, 6.45) is 4.38. The van der Waals surface area contributed by atoms with Crippen molar-refractivity contribution in [1.29, 1.82) is 0 Å². The fraction of sp³-hybridized carbons (Fsp3) is 0.917. The molecule has 16 heavy (non-hydrogen) atoms. The molecule has 0 spiro atoms. The molecule has 94 valence electrons. The van der Waals surface area contributed by atoms with Crippen LogP contribution in [0.4, 0.5) is 0 Å². The molecule has 0 radical (unpaired) electrons. The van der Waals surface area contributed by atoms with E-state index >= 15 is 0 Å². The summed E-state index contributed by atoms with van der Waals surface area (Å²) in [7, 11) is 0. The number of aliphatic hydroxyl groups is 1. The number of carbonyl (C=O) groups is 1. The van der Waals surface area contributed by atoms with Gasteiger partial charge in [0.1, 0.15) is 0 Å². The van der Waals surface area contributed by atoms with Gasteiger partial charge >= 0.3 is 0 Å². The topological polar surface area (TPSA) is 75.4 Å². The Morgan fingerprint density at radius 1 is 1.69 bits per heavy atom. The number of rotatable bonds is 4. The maximum absolute atomic E-state index is 11.5. The van der Waals surface area contributed by atoms with E-state index in [4.69, 9.17) is 5.73 Å². The van der Waals surface area contributed by atoms with Crippen molar-refractivity contribution in [2.75, 3.05) is 6.54 Å². The quantitative estimate of drug-likeness (QED) is 0.665. The van der Waals surface area contributed by atoms with Gasteiger partial charge in [0.25, 0.3) is 0 Å². The molecule has 4 nitrogen and oxygen atoms in total. The second kappa shape index (κ2) is 5.64. The minimum Gasteiger partial charge on any atom is -0.388 e. The lowest BCUT2D eigenvalue weighted by molar-refractivity contribution is -0.124. The largest absolute Gasteiger partial charge is 0.388 e. The number of hydrogen-bond acceptors (Lipinski definition) is 3. The van der Waals surface area contributed by atoms with Gasteiger partial charge < -0.3 is 16.2 Å². The van der Waals surface area contributed by atoms with Crippen LogP contribution >= 0.6 is 0 Å². The minimum atomic E-state index is -0.721. The Hall–Kier alpha value is -0.610. The summed E-state index contributed by atoms with van der Waals surface area (Å²) in [4.78, 5) is 11.5. The summed E-state index contributed by atoms with van der Waals surface area (Å²) in [5.74, 6) is 0.379. The van der Waals surface area contributed by atoms with Gasteiger partial charge in [-0.15, -0.1) is 0 Å². The van der Waals surface area contributed by atoms with E-state index in [0.717, 1.165) is 19.3 Å². The molecular weight excluding hydrogens is 204 g/mol. The second-order valence-corrected chi connectivity index (χ2v) is 5.16. The van der Waals surface area contributed by atoms with Gasteiger partial charge in [-0.2, -0.15) is 0 Å². The third-order valence-electron chi connectivity index (χ3n) is 3.44. The molecule has 0 aliphatic heterocycles. The molecule has 1 amide bonds. The lowest BCUT2D eigenvalue weighted by atomic mass is 9.79. The number of hydrogen-bond donors (Lipinski definition) is 3. The van der Waals surface area contributed by atoms with Crippen molar-refractivity contribution in [1.82, 2.24) is 5.32 Å². The lowest BCUT2D eigenvalue weighted by Gasteiger charge is -2.35. The predicted octanol–water partition coefficient (Wildman–Crippen LogP) is 0.781. The van der Waals surface area contributed by atoms with Crippen LogP contribution in [0.2, 0.25) is 0 Å². The van der Waals surface area contributed by atoms with Gasteiger partial charge in [0, 0.05) is 6.54 Å². The number of carbonyl (C=O) groups excluding carboxylic acids is 1. The van der Waals surface area contributed by atoms with Crippen LogP contribution in [0.25, 0.3) is 0 Å². The van der Waals surface area contributed by atoms with E-state index in [0.29, 0.717) is 18.9 Å². The first-order valence-electron chi connectivity index (χ1n) is 6.22. The van der Waals surface area contributed by atoms with Crippen molar-refractivity contribution < 1.29 is 9.90 Å². The summed E-state index contributed by atoms with van der Waals surface area (Å²) < 4.78 is 0. The van der Waals surface area contributed by atoms with Crippen LogP contribution in [0.5, 0.6) is 0 Å². The molecule has 0 aromatic rings. The van der Waals surface area contributed by atoms with Gasteiger partial charge in [-0.3, -0.25) is 4.79 Å². The first-order valence-corrected chi connectivity index (χ1v) is 6.22. The molecule has 1 saturated carbocycles. The van der Waals surface area contributed by atoms with Crippen LogP contribution < -0.4 is 11.1 Å². The van der Waals surface area contributed by atoms with E-state index in [1.54, 1.807) is 0 Å². The van der Waals surface area contributed by atoms with Crippen LogP contribution in [0.3, 0.4) is 0 Å². The SMILES string of the molecule is CC[C@@H](N)C(=O)NCC1(O)CCCC(C)C1. The van der Waals surface area contributed by atoms with Crippen LogP contribution in [-0.4, -0.2) is 29.2 Å². The predicted molar refractivity (Wildman–Crippen MR) is 63.9 cm³/mol. The summed E-state index contributed by atoms with van der Waals surface area (Å²) in [5, 5.41) is 13.0. The molecule has 1 aliphatic carbocycles. The molecule has 0 aromatic heterocycles. The maximum atomic E-state index is 11.5. The molecule has 0 saturated heterocycles. The van der Waals surface area contributed by atoms with Gasteiger partial charge in [0.2, 0.25) is 5.91 Å². The van der Waals surface area contributed by atoms with Crippen LogP contribution in [-0.2, 0) is 4.79 Å². The average Bonchev–Trinajstić information content (AvgIpc) is 2.24. The van der Waals surface area contributed by atoms with Gasteiger partial charge in [0.15, 0.2) is 0 Å². The van der Waals surface area contributed by atoms with Gasteiger partial charge in [-0.1, -0.05) is 26.7 Å². The molecule has 0 heterocycles. The van der Waals surface area contributed by atoms with Crippen LogP contribution in [0, 0.1) is 5.92 Å². The molecule has 1 aliphatic rings. The van der Waals surface area contributed by atoms with Crippen LogP contribution in [0.1, 0.15) is 46.0 Å². The van der Waals surface area contributed by atoms with Crippen molar-refractivity contribution >= 4 is 5.91 Å². The molecule has 2 unspecified atom stereocenters. The third kappa shape index (κ3) is 3.76. The van der Waals surface area contributed by atoms with Gasteiger partial charge in [0.05, 0.1) is 11.6 Å². The van der Waals surface area contributed by atoms with Crippen molar-refractivity contribution in [3.8, 4) is 0 Å². The van der Waals surface area contributed by atoms with E-state index in [2.05, 4.69) is 12.2 Å². The van der Waals surface area contributed by atoms with Gasteiger partial charge in [-0.05, 0) is 25.2 Å². The minimum absolute atomic E-state index is 0.158. The number of amides is 1. The van der Waals surface area contributed by atoms with Crippen molar-refractivity contribution in [3.05, 3.63) is 0 Å². The first kappa shape index (κ1) is 13.5. The summed E-state index contributed by atoms with van der Waals surface area (Å²) in [5.41, 5.74) is 4.89.